The summed E-state index contributed by atoms with van der Waals surface area (Å²) in [5.41, 5.74) is 3.46. The van der Waals surface area contributed by atoms with Gasteiger partial charge in [0, 0.05) is 13.1 Å². The van der Waals surface area contributed by atoms with Crippen LogP contribution in [0.2, 0.25) is 0 Å². The third kappa shape index (κ3) is 4.00. The van der Waals surface area contributed by atoms with Gasteiger partial charge in [-0.2, -0.15) is 0 Å². The van der Waals surface area contributed by atoms with Gasteiger partial charge in [0.1, 0.15) is 0 Å². The van der Waals surface area contributed by atoms with E-state index in [1.807, 2.05) is 0 Å². The molecule has 0 spiro atoms. The Morgan fingerprint density at radius 3 is 2.39 bits per heavy atom. The first-order valence-electron chi connectivity index (χ1n) is 12.2. The fraction of sp³-hybridized carbons (Fsp3) is 0.692. The average Bonchev–Trinajstić information content (AvgIpc) is 3.11. The van der Waals surface area contributed by atoms with Gasteiger partial charge in [0.15, 0.2) is 16.4 Å². The van der Waals surface area contributed by atoms with Gasteiger partial charge in [-0.25, -0.2) is 8.42 Å². The molecule has 3 atom stereocenters. The second-order valence-corrected chi connectivity index (χ2v) is 13.7. The topological polar surface area (TPSA) is 80.8 Å². The summed E-state index contributed by atoms with van der Waals surface area (Å²) in [4.78, 5) is 27.6. The number of hydrogen-bond donors (Lipinski definition) is 0. The second-order valence-electron chi connectivity index (χ2n) is 11.5. The van der Waals surface area contributed by atoms with Gasteiger partial charge in [-0.15, -0.1) is 0 Å². The molecule has 0 aromatic heterocycles. The van der Waals surface area contributed by atoms with Crippen LogP contribution in [0.4, 0.5) is 0 Å². The highest BCUT2D eigenvalue weighted by Crippen LogP contribution is 2.66. The number of ether oxygens (including phenoxy) is 1. The van der Waals surface area contributed by atoms with Crippen molar-refractivity contribution >= 4 is 21.7 Å². The van der Waals surface area contributed by atoms with E-state index in [-0.39, 0.29) is 41.4 Å². The number of hydrogen-bond acceptors (Lipinski definition) is 5. The quantitative estimate of drug-likeness (QED) is 0.613. The van der Waals surface area contributed by atoms with Crippen LogP contribution in [0, 0.1) is 31.1 Å². The normalized spacial score (nSPS) is 36.0. The highest BCUT2D eigenvalue weighted by molar-refractivity contribution is 7.91. The van der Waals surface area contributed by atoms with Crippen molar-refractivity contribution in [2.24, 2.45) is 17.3 Å². The number of aryl methyl sites for hydroxylation is 2. The van der Waals surface area contributed by atoms with Crippen LogP contribution in [0.25, 0.3) is 0 Å². The third-order valence-corrected chi connectivity index (χ3v) is 10.8. The van der Waals surface area contributed by atoms with Crippen molar-refractivity contribution in [3.8, 4) is 0 Å². The van der Waals surface area contributed by atoms with E-state index in [9.17, 15) is 18.0 Å². The zero-order valence-electron chi connectivity index (χ0n) is 19.9. The lowest BCUT2D eigenvalue weighted by Gasteiger charge is -2.61. The van der Waals surface area contributed by atoms with Gasteiger partial charge in [0.2, 0.25) is 0 Å². The maximum absolute atomic E-state index is 13.5. The lowest BCUT2D eigenvalue weighted by Crippen LogP contribution is -2.57. The van der Waals surface area contributed by atoms with E-state index < -0.39 is 15.3 Å². The van der Waals surface area contributed by atoms with E-state index in [0.29, 0.717) is 18.3 Å². The zero-order chi connectivity index (χ0) is 23.6. The summed E-state index contributed by atoms with van der Waals surface area (Å²) < 4.78 is 29.2. The molecule has 1 heterocycles. The number of nitrogens with zero attached hydrogens (tertiary/aromatic N) is 1. The lowest BCUT2D eigenvalue weighted by atomic mass is 9.43. The van der Waals surface area contributed by atoms with E-state index in [0.717, 1.165) is 32.1 Å². The summed E-state index contributed by atoms with van der Waals surface area (Å²) in [5, 5.41) is 0. The van der Waals surface area contributed by atoms with Gasteiger partial charge < -0.3 is 9.64 Å². The van der Waals surface area contributed by atoms with Crippen LogP contribution in [0.1, 0.15) is 61.6 Å². The average molecular weight is 474 g/mol. The van der Waals surface area contributed by atoms with Gasteiger partial charge in [0.05, 0.1) is 16.9 Å². The Bertz CT molecular complexity index is 1080. The monoisotopic (exact) mass is 473 g/mol. The molecular weight excluding hydrogens is 438 g/mol. The fourth-order valence-corrected chi connectivity index (χ4v) is 9.35. The standard InChI is InChI=1S/C26H35NO5S/c1-17-4-5-21(8-18(17)2)25-10-19-9-20(11-25)13-26(12-19,16-25)24(29)32-14-23(28)27(3)22-6-7-33(30,31)15-22/h4-5,8,19-20,22H,6-7,9-16H2,1-3H3. The summed E-state index contributed by atoms with van der Waals surface area (Å²) >= 11 is 0. The molecule has 6 rings (SSSR count). The van der Waals surface area contributed by atoms with Crippen LogP contribution >= 0.6 is 0 Å². The molecule has 1 aliphatic heterocycles. The summed E-state index contributed by atoms with van der Waals surface area (Å²) in [6, 6.07) is 6.44. The molecule has 5 fully saturated rings. The SMILES string of the molecule is Cc1ccc(C23CC4CC(CC(C(=O)OCC(=O)N(C)C5CCS(=O)(=O)C5)(C4)C2)C3)cc1C. The molecule has 33 heavy (non-hydrogen) atoms. The molecule has 1 saturated heterocycles. The smallest absolute Gasteiger partial charge is 0.312 e. The van der Waals surface area contributed by atoms with Crippen molar-refractivity contribution in [3.05, 3.63) is 34.9 Å². The first-order chi connectivity index (χ1) is 15.5. The lowest BCUT2D eigenvalue weighted by molar-refractivity contribution is -0.176. The Hall–Kier alpha value is -1.89. The highest BCUT2D eigenvalue weighted by atomic mass is 32.2. The second kappa shape index (κ2) is 7.82. The molecule has 3 unspecified atom stereocenters. The van der Waals surface area contributed by atoms with Crippen LogP contribution < -0.4 is 0 Å². The van der Waals surface area contributed by atoms with E-state index in [1.54, 1.807) is 7.05 Å². The van der Waals surface area contributed by atoms with Crippen molar-refractivity contribution in [1.29, 1.82) is 0 Å². The number of carbonyl (C=O) groups is 2. The predicted octanol–water partition coefficient (Wildman–Crippen LogP) is 3.33. The van der Waals surface area contributed by atoms with Gasteiger partial charge >= 0.3 is 5.97 Å². The Labute approximate surface area is 197 Å². The van der Waals surface area contributed by atoms with Crippen molar-refractivity contribution < 1.29 is 22.7 Å². The van der Waals surface area contributed by atoms with E-state index in [2.05, 4.69) is 32.0 Å². The number of amides is 1. The Balaban J connectivity index is 1.30. The molecular formula is C26H35NO5S. The number of benzene rings is 1. The summed E-state index contributed by atoms with van der Waals surface area (Å²) in [5.74, 6) is 0.617. The molecule has 0 N–H and O–H groups in total. The minimum absolute atomic E-state index is 0.00499. The number of sulfone groups is 1. The molecule has 0 radical (unpaired) electrons. The van der Waals surface area contributed by atoms with Crippen molar-refractivity contribution in [2.45, 2.75) is 70.3 Å². The van der Waals surface area contributed by atoms with Crippen molar-refractivity contribution in [2.75, 3.05) is 25.2 Å². The fourth-order valence-electron chi connectivity index (χ4n) is 7.58. The van der Waals surface area contributed by atoms with Crippen LogP contribution in [0.3, 0.4) is 0 Å². The minimum Gasteiger partial charge on any atom is -0.455 e. The molecule has 1 aromatic rings. The van der Waals surface area contributed by atoms with Crippen LogP contribution in [0.15, 0.2) is 18.2 Å². The van der Waals surface area contributed by atoms with Crippen molar-refractivity contribution in [3.63, 3.8) is 0 Å². The number of carbonyl (C=O) groups excluding carboxylic acids is 2. The summed E-state index contributed by atoms with van der Waals surface area (Å²) in [7, 11) is -1.46. The van der Waals surface area contributed by atoms with Crippen molar-refractivity contribution in [1.82, 2.24) is 4.90 Å². The molecule has 1 aromatic carbocycles. The molecule has 4 saturated carbocycles. The number of rotatable bonds is 5. The Morgan fingerprint density at radius 1 is 1.09 bits per heavy atom. The highest BCUT2D eigenvalue weighted by Gasteiger charge is 2.61. The minimum atomic E-state index is -3.08. The first-order valence-corrected chi connectivity index (χ1v) is 14.0. The van der Waals surface area contributed by atoms with Gasteiger partial charge in [-0.3, -0.25) is 9.59 Å². The predicted molar refractivity (Wildman–Crippen MR) is 125 cm³/mol. The molecule has 4 bridgehead atoms. The molecule has 6 nitrogen and oxygen atoms in total. The van der Waals surface area contributed by atoms with Gasteiger partial charge in [0.25, 0.3) is 5.91 Å². The summed E-state index contributed by atoms with van der Waals surface area (Å²) in [6.45, 7) is 3.98. The van der Waals surface area contributed by atoms with Crippen LogP contribution in [-0.2, 0) is 29.6 Å². The van der Waals surface area contributed by atoms with Gasteiger partial charge in [-0.05, 0) is 92.7 Å². The molecule has 1 amide bonds. The van der Waals surface area contributed by atoms with E-state index >= 15 is 0 Å². The zero-order valence-corrected chi connectivity index (χ0v) is 20.7. The third-order valence-electron chi connectivity index (χ3n) is 9.09. The Kier molecular flexibility index (Phi) is 5.42. The van der Waals surface area contributed by atoms with Gasteiger partial charge in [-0.1, -0.05) is 18.2 Å². The van der Waals surface area contributed by atoms with Crippen LogP contribution in [-0.4, -0.2) is 56.4 Å². The summed E-state index contributed by atoms with van der Waals surface area (Å²) in [6.07, 6.45) is 6.44. The first kappa shape index (κ1) is 22.9. The Morgan fingerprint density at radius 2 is 1.79 bits per heavy atom. The maximum atomic E-state index is 13.5. The molecule has 4 aliphatic carbocycles. The van der Waals surface area contributed by atoms with Crippen LogP contribution in [0.5, 0.6) is 0 Å². The largest absolute Gasteiger partial charge is 0.455 e. The molecule has 5 aliphatic rings. The molecule has 180 valence electrons. The van der Waals surface area contributed by atoms with E-state index in [4.69, 9.17) is 4.74 Å². The number of esters is 1. The maximum Gasteiger partial charge on any atom is 0.312 e. The molecule has 7 heteroatoms. The number of likely N-dealkylation sites (N-methyl/N-ethyl adjacent to an activating group) is 1. The van der Waals surface area contributed by atoms with E-state index in [1.165, 1.54) is 28.0 Å².